The quantitative estimate of drug-likeness (QED) is 0.737. The van der Waals surface area contributed by atoms with Gasteiger partial charge >= 0.3 is 0 Å². The van der Waals surface area contributed by atoms with Crippen molar-refractivity contribution in [2.24, 2.45) is 5.73 Å². The number of halogens is 1. The van der Waals surface area contributed by atoms with E-state index >= 15 is 0 Å². The van der Waals surface area contributed by atoms with Gasteiger partial charge in [0.25, 0.3) is 0 Å². The van der Waals surface area contributed by atoms with Gasteiger partial charge in [-0.25, -0.2) is 0 Å². The summed E-state index contributed by atoms with van der Waals surface area (Å²) in [5, 5.41) is 12.5. The van der Waals surface area contributed by atoms with Gasteiger partial charge in [0.05, 0.1) is 18.4 Å². The molecule has 2 unspecified atom stereocenters. The molecule has 1 aromatic rings. The number of rotatable bonds is 5. The summed E-state index contributed by atoms with van der Waals surface area (Å²) in [6.45, 7) is 0.694. The lowest BCUT2D eigenvalue weighted by molar-refractivity contribution is -0.116. The molecule has 0 fully saturated rings. The van der Waals surface area contributed by atoms with Crippen LogP contribution in [0.2, 0.25) is 0 Å². The van der Waals surface area contributed by atoms with Crippen molar-refractivity contribution in [3.05, 3.63) is 22.2 Å². The summed E-state index contributed by atoms with van der Waals surface area (Å²) in [5.41, 5.74) is 8.16. The van der Waals surface area contributed by atoms with Crippen LogP contribution in [-0.4, -0.2) is 44.4 Å². The van der Waals surface area contributed by atoms with Gasteiger partial charge in [0.1, 0.15) is 6.04 Å². The van der Waals surface area contributed by atoms with E-state index in [1.807, 2.05) is 24.1 Å². The van der Waals surface area contributed by atoms with E-state index in [0.29, 0.717) is 12.2 Å². The molecule has 4 N–H and O–H groups in total. The maximum Gasteiger partial charge on any atom is 0.245 e. The number of nitrogens with zero attached hydrogens (tertiary/aromatic N) is 1. The van der Waals surface area contributed by atoms with E-state index in [2.05, 4.69) is 21.2 Å². The van der Waals surface area contributed by atoms with E-state index in [-0.39, 0.29) is 12.5 Å². The summed E-state index contributed by atoms with van der Waals surface area (Å²) in [4.78, 5) is 13.5. The van der Waals surface area contributed by atoms with Gasteiger partial charge in [-0.15, -0.1) is 0 Å². The maximum atomic E-state index is 11.6. The van der Waals surface area contributed by atoms with Crippen molar-refractivity contribution in [1.82, 2.24) is 0 Å². The number of methoxy groups -OCH3 is 1. The van der Waals surface area contributed by atoms with Gasteiger partial charge in [0.15, 0.2) is 0 Å². The second-order valence-electron chi connectivity index (χ2n) is 4.85. The molecule has 1 aliphatic rings. The first-order valence-electron chi connectivity index (χ1n) is 6.22. The molecule has 0 bridgehead atoms. The molecule has 6 nitrogen and oxygen atoms in total. The molecule has 2 rings (SSSR count). The van der Waals surface area contributed by atoms with Gasteiger partial charge in [0, 0.05) is 36.4 Å². The fourth-order valence-corrected chi connectivity index (χ4v) is 2.91. The van der Waals surface area contributed by atoms with E-state index in [4.69, 9.17) is 10.5 Å². The van der Waals surface area contributed by atoms with Gasteiger partial charge in [-0.2, -0.15) is 0 Å². The number of anilines is 2. The van der Waals surface area contributed by atoms with Crippen LogP contribution in [0.1, 0.15) is 11.6 Å². The fraction of sp³-hybridized carbons (Fsp3) is 0.462. The molecular weight excluding hydrogens is 326 g/mol. The number of hydrogen-bond donors (Lipinski definition) is 3. The molecular formula is C13H18BrN3O3. The number of benzene rings is 1. The molecule has 7 heteroatoms. The average molecular weight is 344 g/mol. The van der Waals surface area contributed by atoms with E-state index in [1.54, 1.807) is 7.11 Å². The smallest absolute Gasteiger partial charge is 0.245 e. The highest BCUT2D eigenvalue weighted by Gasteiger charge is 2.28. The minimum atomic E-state index is -0.625. The molecule has 0 radical (unpaired) electrons. The molecule has 110 valence electrons. The van der Waals surface area contributed by atoms with Crippen molar-refractivity contribution in [3.63, 3.8) is 0 Å². The lowest BCUT2D eigenvalue weighted by atomic mass is 10.1. The van der Waals surface area contributed by atoms with Crippen LogP contribution < -0.4 is 16.0 Å². The van der Waals surface area contributed by atoms with E-state index in [1.165, 1.54) is 0 Å². The topological polar surface area (TPSA) is 87.8 Å². The Morgan fingerprint density at radius 1 is 1.60 bits per heavy atom. The third-order valence-electron chi connectivity index (χ3n) is 3.25. The highest BCUT2D eigenvalue weighted by molar-refractivity contribution is 9.10. The normalized spacial score (nSPS) is 18.6. The molecule has 20 heavy (non-hydrogen) atoms. The zero-order chi connectivity index (χ0) is 14.9. The van der Waals surface area contributed by atoms with Crippen LogP contribution in [-0.2, 0) is 9.53 Å². The van der Waals surface area contributed by atoms with Crippen LogP contribution in [0.3, 0.4) is 0 Å². The van der Waals surface area contributed by atoms with Crippen molar-refractivity contribution in [2.75, 3.05) is 37.5 Å². The van der Waals surface area contributed by atoms with Gasteiger partial charge in [-0.1, -0.05) is 0 Å². The minimum absolute atomic E-state index is 0.203. The Labute approximate surface area is 126 Å². The number of ether oxygens (including phenoxy) is 1. The number of aliphatic hydroxyl groups excluding tert-OH is 1. The molecule has 1 aliphatic heterocycles. The predicted molar refractivity (Wildman–Crippen MR) is 80.9 cm³/mol. The SMILES string of the molecule is COCC(O)CN(C)c1cc2c(cc1Br)C(N)C(=O)N2. The first-order valence-corrected chi connectivity index (χ1v) is 7.01. The van der Waals surface area contributed by atoms with E-state index < -0.39 is 12.1 Å². The van der Waals surface area contributed by atoms with Crippen molar-refractivity contribution >= 4 is 33.2 Å². The van der Waals surface area contributed by atoms with Crippen molar-refractivity contribution in [2.45, 2.75) is 12.1 Å². The van der Waals surface area contributed by atoms with Gasteiger partial charge < -0.3 is 25.8 Å². The number of aliphatic hydroxyl groups is 1. The highest BCUT2D eigenvalue weighted by atomic mass is 79.9. The lowest BCUT2D eigenvalue weighted by Gasteiger charge is -2.24. The number of amides is 1. The second kappa shape index (κ2) is 6.09. The van der Waals surface area contributed by atoms with Crippen molar-refractivity contribution in [1.29, 1.82) is 0 Å². The Morgan fingerprint density at radius 3 is 2.95 bits per heavy atom. The van der Waals surface area contributed by atoms with Gasteiger partial charge in [0.2, 0.25) is 5.91 Å². The summed E-state index contributed by atoms with van der Waals surface area (Å²) >= 11 is 3.48. The van der Waals surface area contributed by atoms with Crippen LogP contribution >= 0.6 is 15.9 Å². The molecule has 1 heterocycles. The lowest BCUT2D eigenvalue weighted by Crippen LogP contribution is -2.32. The Bertz CT molecular complexity index is 524. The zero-order valence-corrected chi connectivity index (χ0v) is 13.0. The Hall–Kier alpha value is -1.15. The van der Waals surface area contributed by atoms with Crippen LogP contribution in [0.25, 0.3) is 0 Å². The largest absolute Gasteiger partial charge is 0.389 e. The fourth-order valence-electron chi connectivity index (χ4n) is 2.25. The summed E-state index contributed by atoms with van der Waals surface area (Å²) in [6, 6.07) is 3.07. The molecule has 0 saturated heterocycles. The number of nitrogens with two attached hydrogens (primary N) is 1. The number of hydrogen-bond acceptors (Lipinski definition) is 5. The number of likely N-dealkylation sites (N-methyl/N-ethyl adjacent to an activating group) is 1. The summed E-state index contributed by atoms with van der Waals surface area (Å²) in [6.07, 6.45) is -0.581. The van der Waals surface area contributed by atoms with Crippen molar-refractivity contribution in [3.8, 4) is 0 Å². The van der Waals surface area contributed by atoms with Gasteiger partial charge in [-0.3, -0.25) is 4.79 Å². The maximum absolute atomic E-state index is 11.6. The third-order valence-corrected chi connectivity index (χ3v) is 3.88. The van der Waals surface area contributed by atoms with Crippen LogP contribution in [0.4, 0.5) is 11.4 Å². The number of carbonyl (C=O) groups is 1. The average Bonchev–Trinajstić information content (AvgIpc) is 2.65. The first-order chi connectivity index (χ1) is 9.43. The third kappa shape index (κ3) is 2.95. The number of fused-ring (bicyclic) bond motifs is 1. The van der Waals surface area contributed by atoms with E-state index in [0.717, 1.165) is 15.7 Å². The van der Waals surface area contributed by atoms with Crippen LogP contribution in [0, 0.1) is 0 Å². The summed E-state index contributed by atoms with van der Waals surface area (Å²) < 4.78 is 5.74. The summed E-state index contributed by atoms with van der Waals surface area (Å²) in [7, 11) is 3.41. The van der Waals surface area contributed by atoms with Gasteiger partial charge in [-0.05, 0) is 28.1 Å². The minimum Gasteiger partial charge on any atom is -0.389 e. The zero-order valence-electron chi connectivity index (χ0n) is 11.4. The highest BCUT2D eigenvalue weighted by Crippen LogP contribution is 2.37. The molecule has 2 atom stereocenters. The molecule has 0 aliphatic carbocycles. The Kier molecular flexibility index (Phi) is 4.64. The number of carbonyl (C=O) groups excluding carboxylic acids is 1. The molecule has 1 amide bonds. The van der Waals surface area contributed by atoms with E-state index in [9.17, 15) is 9.90 Å². The van der Waals surface area contributed by atoms with Crippen molar-refractivity contribution < 1.29 is 14.6 Å². The molecule has 0 aromatic heterocycles. The Morgan fingerprint density at radius 2 is 2.30 bits per heavy atom. The van der Waals surface area contributed by atoms with Crippen LogP contribution in [0.5, 0.6) is 0 Å². The molecule has 0 saturated carbocycles. The molecule has 0 spiro atoms. The standard InChI is InChI=1S/C13H18BrN3O3/c1-17(5-7(18)6-20-2)11-4-10-8(3-9(11)14)12(15)13(19)16-10/h3-4,7,12,18H,5-6,15H2,1-2H3,(H,16,19). The Balaban J connectivity index is 2.22. The predicted octanol–water partition coefficient (Wildman–Crippen LogP) is 0.845. The first kappa shape index (κ1) is 15.2. The second-order valence-corrected chi connectivity index (χ2v) is 5.70. The summed E-state index contributed by atoms with van der Waals surface area (Å²) in [5.74, 6) is -0.203. The van der Waals surface area contributed by atoms with Crippen LogP contribution in [0.15, 0.2) is 16.6 Å². The molecule has 1 aromatic carbocycles. The monoisotopic (exact) mass is 343 g/mol. The number of nitrogens with one attached hydrogen (secondary N) is 1.